The number of nitrogens with zero attached hydrogens (tertiary/aromatic N) is 1. The van der Waals surface area contributed by atoms with E-state index in [1.54, 1.807) is 6.07 Å². The number of hydrogen-bond acceptors (Lipinski definition) is 7. The second-order valence-electron chi connectivity index (χ2n) is 5.45. The zero-order valence-corrected chi connectivity index (χ0v) is 13.9. The molecule has 0 aromatic heterocycles. The van der Waals surface area contributed by atoms with Crippen molar-refractivity contribution in [1.29, 1.82) is 0 Å². The van der Waals surface area contributed by atoms with Gasteiger partial charge in [-0.05, 0) is 18.6 Å². The highest BCUT2D eigenvalue weighted by atomic mass is 32.2. The fourth-order valence-corrected chi connectivity index (χ4v) is 2.54. The fourth-order valence-electron chi connectivity index (χ4n) is 2.54. The van der Waals surface area contributed by atoms with Crippen molar-refractivity contribution in [2.75, 3.05) is 12.0 Å². The highest BCUT2D eigenvalue weighted by Gasteiger charge is 2.45. The zero-order valence-electron chi connectivity index (χ0n) is 13.1. The minimum Gasteiger partial charge on any atom is -0.398 e. The maximum atomic E-state index is 12.3. The molecule has 0 saturated carbocycles. The highest BCUT2D eigenvalue weighted by Crippen LogP contribution is 2.30. The standard InChI is InChI=1S/C13H11N3O4.CH4O3S/c14-7-3-1-2-6-10(7)13(20)16(12(6)19)8-4-5-9(17)15-11(8)18;1-5(2,3)4/h1-3,8H,4-5,14H2,(H,15,17,18);1H3,(H,2,3,4)/t8-;/m0./s1. The van der Waals surface area contributed by atoms with E-state index in [0.717, 1.165) is 4.90 Å². The van der Waals surface area contributed by atoms with Crippen molar-refractivity contribution < 1.29 is 32.1 Å². The summed E-state index contributed by atoms with van der Waals surface area (Å²) < 4.78 is 25.9. The first kappa shape index (κ1) is 18.5. The van der Waals surface area contributed by atoms with Crippen LogP contribution in [0.1, 0.15) is 33.6 Å². The zero-order chi connectivity index (χ0) is 18.9. The second kappa shape index (κ2) is 6.61. The van der Waals surface area contributed by atoms with Gasteiger partial charge in [0.2, 0.25) is 11.8 Å². The van der Waals surface area contributed by atoms with Gasteiger partial charge in [-0.1, -0.05) is 6.07 Å². The van der Waals surface area contributed by atoms with E-state index < -0.39 is 39.8 Å². The van der Waals surface area contributed by atoms with Crippen molar-refractivity contribution in [3.63, 3.8) is 0 Å². The molecule has 4 amide bonds. The number of nitrogens with one attached hydrogen (secondary N) is 1. The molecule has 1 atom stereocenters. The number of hydrogen-bond donors (Lipinski definition) is 3. The van der Waals surface area contributed by atoms with Gasteiger partial charge in [-0.2, -0.15) is 8.42 Å². The van der Waals surface area contributed by atoms with Crippen molar-refractivity contribution in [2.24, 2.45) is 0 Å². The Morgan fingerprint density at radius 3 is 2.32 bits per heavy atom. The smallest absolute Gasteiger partial charge is 0.264 e. The average molecular weight is 369 g/mol. The Balaban J connectivity index is 0.000000399. The van der Waals surface area contributed by atoms with Crippen molar-refractivity contribution in [1.82, 2.24) is 10.2 Å². The Kier molecular flexibility index (Phi) is 4.90. The first-order chi connectivity index (χ1) is 11.5. The van der Waals surface area contributed by atoms with Gasteiger partial charge in [-0.25, -0.2) is 0 Å². The summed E-state index contributed by atoms with van der Waals surface area (Å²) in [7, 11) is -3.67. The van der Waals surface area contributed by atoms with Gasteiger partial charge in [0, 0.05) is 12.1 Å². The monoisotopic (exact) mass is 369 g/mol. The van der Waals surface area contributed by atoms with Crippen LogP contribution < -0.4 is 11.1 Å². The lowest BCUT2D eigenvalue weighted by Gasteiger charge is -2.27. The third-order valence-corrected chi connectivity index (χ3v) is 3.50. The van der Waals surface area contributed by atoms with Gasteiger partial charge in [-0.3, -0.25) is 33.9 Å². The molecule has 3 rings (SSSR count). The molecule has 0 radical (unpaired) electrons. The third-order valence-electron chi connectivity index (χ3n) is 3.50. The van der Waals surface area contributed by atoms with Crippen LogP contribution in [0.3, 0.4) is 0 Å². The van der Waals surface area contributed by atoms with Crippen LogP contribution >= 0.6 is 0 Å². The number of nitrogens with two attached hydrogens (primary N) is 1. The van der Waals surface area contributed by atoms with Crippen LogP contribution in [0.5, 0.6) is 0 Å². The predicted octanol–water partition coefficient (Wildman–Crippen LogP) is -0.826. The maximum Gasteiger partial charge on any atom is 0.264 e. The molecular weight excluding hydrogens is 354 g/mol. The van der Waals surface area contributed by atoms with E-state index in [4.69, 9.17) is 10.3 Å². The Morgan fingerprint density at radius 1 is 1.20 bits per heavy atom. The van der Waals surface area contributed by atoms with Gasteiger partial charge >= 0.3 is 0 Å². The van der Waals surface area contributed by atoms with Crippen LogP contribution in [0.25, 0.3) is 0 Å². The SMILES string of the molecule is CS(=O)(=O)O.Nc1cccc2c1C(=O)N([C@H]1CCC(=O)NC1=O)C2=O. The maximum absolute atomic E-state index is 12.3. The van der Waals surface area contributed by atoms with Gasteiger partial charge in [0.05, 0.1) is 17.4 Å². The lowest BCUT2D eigenvalue weighted by atomic mass is 10.0. The van der Waals surface area contributed by atoms with Gasteiger partial charge in [0.1, 0.15) is 6.04 Å². The second-order valence-corrected chi connectivity index (χ2v) is 6.92. The van der Waals surface area contributed by atoms with Gasteiger partial charge in [0.25, 0.3) is 21.9 Å². The van der Waals surface area contributed by atoms with E-state index in [-0.39, 0.29) is 29.7 Å². The topological polar surface area (TPSA) is 164 Å². The van der Waals surface area contributed by atoms with E-state index in [2.05, 4.69) is 5.32 Å². The number of piperidine rings is 1. The van der Waals surface area contributed by atoms with Crippen molar-refractivity contribution in [3.8, 4) is 0 Å². The van der Waals surface area contributed by atoms with Crippen LogP contribution in [0.15, 0.2) is 18.2 Å². The third kappa shape index (κ3) is 4.00. The van der Waals surface area contributed by atoms with E-state index in [1.807, 2.05) is 0 Å². The number of rotatable bonds is 1. The summed E-state index contributed by atoms with van der Waals surface area (Å²) in [4.78, 5) is 48.4. The Bertz CT molecular complexity index is 870. The van der Waals surface area contributed by atoms with Gasteiger partial charge in [0.15, 0.2) is 0 Å². The molecule has 2 heterocycles. The van der Waals surface area contributed by atoms with Crippen molar-refractivity contribution in [2.45, 2.75) is 18.9 Å². The highest BCUT2D eigenvalue weighted by molar-refractivity contribution is 7.85. The number of imide groups is 2. The largest absolute Gasteiger partial charge is 0.398 e. The molecule has 0 unspecified atom stereocenters. The minimum absolute atomic E-state index is 0.0965. The molecule has 1 fully saturated rings. The molecule has 2 aliphatic heterocycles. The summed E-state index contributed by atoms with van der Waals surface area (Å²) >= 11 is 0. The van der Waals surface area contributed by atoms with E-state index >= 15 is 0 Å². The van der Waals surface area contributed by atoms with Crippen molar-refractivity contribution in [3.05, 3.63) is 29.3 Å². The molecule has 1 saturated heterocycles. The Morgan fingerprint density at radius 2 is 1.80 bits per heavy atom. The number of carbonyl (C=O) groups excluding carboxylic acids is 4. The van der Waals surface area contributed by atoms with Crippen LogP contribution in [0.4, 0.5) is 5.69 Å². The number of fused-ring (bicyclic) bond motifs is 1. The summed E-state index contributed by atoms with van der Waals surface area (Å²) in [5, 5.41) is 2.13. The molecule has 25 heavy (non-hydrogen) atoms. The summed E-state index contributed by atoms with van der Waals surface area (Å²) in [5.74, 6) is -2.17. The first-order valence-electron chi connectivity index (χ1n) is 7.03. The molecule has 2 aliphatic rings. The molecule has 10 nitrogen and oxygen atoms in total. The average Bonchev–Trinajstić information content (AvgIpc) is 2.71. The number of benzene rings is 1. The van der Waals surface area contributed by atoms with Crippen LogP contribution in [0.2, 0.25) is 0 Å². The lowest BCUT2D eigenvalue weighted by Crippen LogP contribution is -2.54. The van der Waals surface area contributed by atoms with E-state index in [9.17, 15) is 27.6 Å². The number of carbonyl (C=O) groups is 4. The van der Waals surface area contributed by atoms with E-state index in [1.165, 1.54) is 12.1 Å². The quantitative estimate of drug-likeness (QED) is 0.328. The molecule has 134 valence electrons. The molecule has 11 heteroatoms. The summed E-state index contributed by atoms with van der Waals surface area (Å²) in [6, 6.07) is 3.64. The Hall–Kier alpha value is -2.79. The molecule has 1 aromatic rings. The fraction of sp³-hybridized carbons (Fsp3) is 0.286. The normalized spacial score (nSPS) is 19.9. The molecular formula is C14H15N3O7S. The number of anilines is 1. The number of amides is 4. The predicted molar refractivity (Wildman–Crippen MR) is 85.0 cm³/mol. The first-order valence-corrected chi connectivity index (χ1v) is 8.88. The molecule has 4 N–H and O–H groups in total. The molecule has 1 aromatic carbocycles. The Labute approximate surface area is 142 Å². The van der Waals surface area contributed by atoms with Gasteiger partial charge < -0.3 is 5.73 Å². The van der Waals surface area contributed by atoms with Crippen LogP contribution in [-0.2, 0) is 19.7 Å². The number of nitrogen functional groups attached to an aromatic ring is 1. The lowest BCUT2D eigenvalue weighted by molar-refractivity contribution is -0.136. The molecule has 0 bridgehead atoms. The van der Waals surface area contributed by atoms with Crippen LogP contribution in [0, 0.1) is 0 Å². The minimum atomic E-state index is -3.67. The summed E-state index contributed by atoms with van der Waals surface area (Å²) in [6.07, 6.45) is 0.947. The van der Waals surface area contributed by atoms with E-state index in [0.29, 0.717) is 6.26 Å². The van der Waals surface area contributed by atoms with Crippen molar-refractivity contribution >= 4 is 39.4 Å². The molecule has 0 aliphatic carbocycles. The van der Waals surface area contributed by atoms with Gasteiger partial charge in [-0.15, -0.1) is 0 Å². The summed E-state index contributed by atoms with van der Waals surface area (Å²) in [5.41, 5.74) is 6.24. The summed E-state index contributed by atoms with van der Waals surface area (Å²) in [6.45, 7) is 0. The van der Waals surface area contributed by atoms with Crippen LogP contribution in [-0.4, -0.2) is 53.8 Å². The molecule has 0 spiro atoms.